The topological polar surface area (TPSA) is 66.4 Å². The molecule has 2 heterocycles. The van der Waals surface area contributed by atoms with Crippen LogP contribution >= 0.6 is 0 Å². The van der Waals surface area contributed by atoms with E-state index in [0.29, 0.717) is 38.3 Å². The molecular formula is C20H24N4O2. The van der Waals surface area contributed by atoms with Crippen LogP contribution in [0.3, 0.4) is 0 Å². The third-order valence-electron chi connectivity index (χ3n) is 4.76. The summed E-state index contributed by atoms with van der Waals surface area (Å²) in [4.78, 5) is 36.4. The van der Waals surface area contributed by atoms with Crippen molar-refractivity contribution < 1.29 is 9.59 Å². The fourth-order valence-electron chi connectivity index (χ4n) is 3.08. The lowest BCUT2D eigenvalue weighted by atomic mass is 10.1. The Morgan fingerprint density at radius 2 is 1.62 bits per heavy atom. The molecule has 2 aromatic rings. The Morgan fingerprint density at radius 3 is 2.23 bits per heavy atom. The third-order valence-corrected chi connectivity index (χ3v) is 4.76. The van der Waals surface area contributed by atoms with Crippen molar-refractivity contribution in [1.29, 1.82) is 0 Å². The van der Waals surface area contributed by atoms with Gasteiger partial charge in [0.25, 0.3) is 5.91 Å². The van der Waals surface area contributed by atoms with Gasteiger partial charge in [-0.1, -0.05) is 31.2 Å². The zero-order valence-electron chi connectivity index (χ0n) is 15.1. The normalized spacial score (nSPS) is 14.3. The minimum atomic E-state index is -0.124. The molecule has 0 spiro atoms. The average molecular weight is 352 g/mol. The van der Waals surface area contributed by atoms with E-state index in [2.05, 4.69) is 41.2 Å². The van der Waals surface area contributed by atoms with Gasteiger partial charge >= 0.3 is 0 Å². The molecule has 0 aliphatic carbocycles. The number of rotatable bonds is 5. The highest BCUT2D eigenvalue weighted by molar-refractivity contribution is 5.92. The largest absolute Gasteiger partial charge is 0.339 e. The van der Waals surface area contributed by atoms with Gasteiger partial charge in [0.05, 0.1) is 6.20 Å². The van der Waals surface area contributed by atoms with Gasteiger partial charge in [-0.05, 0) is 24.0 Å². The minimum Gasteiger partial charge on any atom is -0.339 e. The highest BCUT2D eigenvalue weighted by Crippen LogP contribution is 2.11. The van der Waals surface area contributed by atoms with Crippen molar-refractivity contribution in [3.05, 3.63) is 59.7 Å². The number of aromatic nitrogens is 2. The predicted octanol–water partition coefficient (Wildman–Crippen LogP) is 1.96. The Balaban J connectivity index is 1.46. The van der Waals surface area contributed by atoms with E-state index in [0.717, 1.165) is 12.8 Å². The summed E-state index contributed by atoms with van der Waals surface area (Å²) in [6.07, 6.45) is 6.81. The monoisotopic (exact) mass is 352 g/mol. The van der Waals surface area contributed by atoms with Gasteiger partial charge in [0.2, 0.25) is 5.91 Å². The number of hydrogen-bond acceptors (Lipinski definition) is 4. The highest BCUT2D eigenvalue weighted by Gasteiger charge is 2.25. The van der Waals surface area contributed by atoms with Gasteiger partial charge in [-0.3, -0.25) is 14.6 Å². The summed E-state index contributed by atoms with van der Waals surface area (Å²) in [5, 5.41) is 0. The van der Waals surface area contributed by atoms with Crippen LogP contribution in [-0.4, -0.2) is 57.8 Å². The molecule has 0 atom stereocenters. The Hall–Kier alpha value is -2.76. The summed E-state index contributed by atoms with van der Waals surface area (Å²) in [5.74, 6) is 0.0254. The number of benzene rings is 1. The van der Waals surface area contributed by atoms with E-state index in [4.69, 9.17) is 0 Å². The lowest BCUT2D eigenvalue weighted by Gasteiger charge is -2.34. The average Bonchev–Trinajstić information content (AvgIpc) is 2.72. The van der Waals surface area contributed by atoms with E-state index < -0.39 is 0 Å². The van der Waals surface area contributed by atoms with Crippen LogP contribution in [0.2, 0.25) is 0 Å². The number of carbonyl (C=O) groups excluding carboxylic acids is 2. The lowest BCUT2D eigenvalue weighted by molar-refractivity contribution is -0.132. The zero-order chi connectivity index (χ0) is 18.4. The van der Waals surface area contributed by atoms with Gasteiger partial charge in [0, 0.05) is 45.0 Å². The quantitative estimate of drug-likeness (QED) is 0.825. The van der Waals surface area contributed by atoms with Crippen molar-refractivity contribution in [2.45, 2.75) is 26.2 Å². The summed E-state index contributed by atoms with van der Waals surface area (Å²) in [5.41, 5.74) is 2.85. The fraction of sp³-hybridized carbons (Fsp3) is 0.400. The first-order chi connectivity index (χ1) is 12.7. The van der Waals surface area contributed by atoms with Crippen LogP contribution < -0.4 is 0 Å². The van der Waals surface area contributed by atoms with Crippen LogP contribution in [0.15, 0.2) is 42.9 Å². The molecule has 6 nitrogen and oxygen atoms in total. The summed E-state index contributed by atoms with van der Waals surface area (Å²) in [6.45, 7) is 4.34. The van der Waals surface area contributed by atoms with E-state index >= 15 is 0 Å². The maximum Gasteiger partial charge on any atom is 0.274 e. The molecule has 26 heavy (non-hydrogen) atoms. The first-order valence-electron chi connectivity index (χ1n) is 9.08. The number of piperazine rings is 1. The molecule has 6 heteroatoms. The summed E-state index contributed by atoms with van der Waals surface area (Å²) in [7, 11) is 0. The smallest absolute Gasteiger partial charge is 0.274 e. The molecule has 1 aromatic heterocycles. The van der Waals surface area contributed by atoms with Crippen molar-refractivity contribution in [3.8, 4) is 0 Å². The maximum absolute atomic E-state index is 12.4. The van der Waals surface area contributed by atoms with Gasteiger partial charge in [-0.15, -0.1) is 0 Å². The maximum atomic E-state index is 12.4. The minimum absolute atomic E-state index is 0.124. The molecule has 0 unspecified atom stereocenters. The van der Waals surface area contributed by atoms with Gasteiger partial charge < -0.3 is 9.80 Å². The second-order valence-corrected chi connectivity index (χ2v) is 6.43. The molecule has 0 N–H and O–H groups in total. The summed E-state index contributed by atoms with van der Waals surface area (Å²) < 4.78 is 0. The van der Waals surface area contributed by atoms with Crippen LogP contribution in [0, 0.1) is 0 Å². The Labute approximate surface area is 153 Å². The molecule has 3 rings (SSSR count). The van der Waals surface area contributed by atoms with Crippen molar-refractivity contribution >= 4 is 11.8 Å². The molecule has 1 aromatic carbocycles. The van der Waals surface area contributed by atoms with Crippen molar-refractivity contribution in [2.75, 3.05) is 26.2 Å². The number of nitrogens with zero attached hydrogens (tertiary/aromatic N) is 4. The van der Waals surface area contributed by atoms with Crippen molar-refractivity contribution in [2.24, 2.45) is 0 Å². The summed E-state index contributed by atoms with van der Waals surface area (Å²) >= 11 is 0. The summed E-state index contributed by atoms with van der Waals surface area (Å²) in [6, 6.07) is 8.45. The van der Waals surface area contributed by atoms with Crippen LogP contribution in [0.4, 0.5) is 0 Å². The Kier molecular flexibility index (Phi) is 5.94. The Morgan fingerprint density at radius 1 is 0.962 bits per heavy atom. The first kappa shape index (κ1) is 18.0. The van der Waals surface area contributed by atoms with E-state index in [1.807, 2.05) is 4.90 Å². The number of hydrogen-bond donors (Lipinski definition) is 0. The third kappa shape index (κ3) is 4.45. The van der Waals surface area contributed by atoms with Crippen LogP contribution in [0.1, 0.15) is 35.0 Å². The van der Waals surface area contributed by atoms with Gasteiger partial charge in [0.1, 0.15) is 5.69 Å². The van der Waals surface area contributed by atoms with Crippen LogP contribution in [0.5, 0.6) is 0 Å². The number of amides is 2. The first-order valence-corrected chi connectivity index (χ1v) is 9.08. The van der Waals surface area contributed by atoms with Gasteiger partial charge in [0.15, 0.2) is 0 Å². The van der Waals surface area contributed by atoms with E-state index in [1.54, 1.807) is 11.1 Å². The standard InChI is InChI=1S/C20H24N4O2/c1-2-16-3-5-17(6-4-16)7-8-19(25)23-11-13-24(14-12-23)20(26)18-15-21-9-10-22-18/h3-6,9-10,15H,2,7-8,11-14H2,1H3. The molecule has 136 valence electrons. The lowest BCUT2D eigenvalue weighted by Crippen LogP contribution is -2.50. The van der Waals surface area contributed by atoms with Crippen molar-refractivity contribution in [3.63, 3.8) is 0 Å². The van der Waals surface area contributed by atoms with Gasteiger partial charge in [-0.2, -0.15) is 0 Å². The molecule has 1 aliphatic heterocycles. The Bertz CT molecular complexity index is 738. The predicted molar refractivity (Wildman–Crippen MR) is 98.7 cm³/mol. The van der Waals surface area contributed by atoms with E-state index in [-0.39, 0.29) is 11.8 Å². The molecule has 0 radical (unpaired) electrons. The van der Waals surface area contributed by atoms with E-state index in [9.17, 15) is 9.59 Å². The SMILES string of the molecule is CCc1ccc(CCC(=O)N2CCN(C(=O)c3cnccn3)CC2)cc1. The zero-order valence-corrected chi connectivity index (χ0v) is 15.1. The molecule has 0 bridgehead atoms. The molecule has 1 fully saturated rings. The van der Waals surface area contributed by atoms with Crippen LogP contribution in [-0.2, 0) is 17.6 Å². The second kappa shape index (κ2) is 8.56. The molecule has 2 amide bonds. The van der Waals surface area contributed by atoms with E-state index in [1.165, 1.54) is 23.5 Å². The second-order valence-electron chi connectivity index (χ2n) is 6.43. The molecule has 1 saturated heterocycles. The molecule has 1 aliphatic rings. The van der Waals surface area contributed by atoms with Crippen LogP contribution in [0.25, 0.3) is 0 Å². The van der Waals surface area contributed by atoms with Gasteiger partial charge in [-0.25, -0.2) is 4.98 Å². The number of aryl methyl sites for hydroxylation is 2. The van der Waals surface area contributed by atoms with Crippen molar-refractivity contribution in [1.82, 2.24) is 19.8 Å². The number of carbonyl (C=O) groups is 2. The molecular weight excluding hydrogens is 328 g/mol. The highest BCUT2D eigenvalue weighted by atomic mass is 16.2. The fourth-order valence-corrected chi connectivity index (χ4v) is 3.08. The molecule has 0 saturated carbocycles.